The number of imide groups is 1. The minimum Gasteiger partial charge on any atom is -0.335 e. The van der Waals surface area contributed by atoms with E-state index in [1.807, 2.05) is 18.2 Å². The van der Waals surface area contributed by atoms with E-state index in [1.54, 1.807) is 9.80 Å². The molecule has 0 spiro atoms. The Morgan fingerprint density at radius 1 is 1.00 bits per heavy atom. The molecule has 7 nitrogen and oxygen atoms in total. The van der Waals surface area contributed by atoms with Gasteiger partial charge in [0.2, 0.25) is 0 Å². The second-order valence-electron chi connectivity index (χ2n) is 8.75. The molecule has 5 rings (SSSR count). The van der Waals surface area contributed by atoms with Crippen molar-refractivity contribution in [2.45, 2.75) is 62.6 Å². The van der Waals surface area contributed by atoms with Crippen LogP contribution in [0.1, 0.15) is 50.0 Å². The molecule has 2 saturated carbocycles. The molecule has 5 amide bonds. The highest BCUT2D eigenvalue weighted by molar-refractivity contribution is 6.05. The lowest BCUT2D eigenvalue weighted by atomic mass is 9.96. The minimum absolute atomic E-state index is 0.0486. The van der Waals surface area contributed by atoms with E-state index in [0.717, 1.165) is 32.1 Å². The molecule has 2 aliphatic carbocycles. The molecule has 2 saturated heterocycles. The number of benzene rings is 1. The van der Waals surface area contributed by atoms with Crippen molar-refractivity contribution in [3.63, 3.8) is 0 Å². The number of amides is 5. The molecule has 4 fully saturated rings. The highest BCUT2D eigenvalue weighted by atomic mass is 16.2. The number of nitrogens with zero attached hydrogens (tertiary/aromatic N) is 3. The van der Waals surface area contributed by atoms with Crippen LogP contribution in [0.4, 0.5) is 9.59 Å². The lowest BCUT2D eigenvalue weighted by molar-refractivity contribution is -0.129. The summed E-state index contributed by atoms with van der Waals surface area (Å²) >= 11 is 0. The third-order valence-electron chi connectivity index (χ3n) is 6.89. The molecule has 2 heterocycles. The Morgan fingerprint density at radius 3 is 2.52 bits per heavy atom. The summed E-state index contributed by atoms with van der Waals surface area (Å²) in [7, 11) is 0. The van der Waals surface area contributed by atoms with Crippen molar-refractivity contribution in [1.82, 2.24) is 20.0 Å². The van der Waals surface area contributed by atoms with Crippen molar-refractivity contribution in [3.8, 4) is 0 Å². The maximum Gasteiger partial charge on any atom is 0.327 e. The van der Waals surface area contributed by atoms with Crippen LogP contribution in [-0.4, -0.2) is 70.4 Å². The highest BCUT2D eigenvalue weighted by Gasteiger charge is 2.56. The van der Waals surface area contributed by atoms with Gasteiger partial charge in [0.1, 0.15) is 6.04 Å². The summed E-state index contributed by atoms with van der Waals surface area (Å²) in [6.07, 6.45) is 6.45. The number of nitrogens with one attached hydrogen (secondary N) is 1. The van der Waals surface area contributed by atoms with Crippen molar-refractivity contribution >= 4 is 18.0 Å². The first-order valence-electron chi connectivity index (χ1n) is 10.9. The van der Waals surface area contributed by atoms with Crippen LogP contribution < -0.4 is 5.32 Å². The van der Waals surface area contributed by atoms with Gasteiger partial charge in [0, 0.05) is 31.1 Å². The van der Waals surface area contributed by atoms with Gasteiger partial charge in [0.05, 0.1) is 6.54 Å². The van der Waals surface area contributed by atoms with E-state index in [2.05, 4.69) is 17.4 Å². The van der Waals surface area contributed by atoms with Crippen LogP contribution in [0, 0.1) is 0 Å². The quantitative estimate of drug-likeness (QED) is 0.798. The SMILES string of the molecule is O=C(NC1CCCCC1)N1CCN2C(=O)N([C@H]3C[C@@H]3c3ccccc3)C(=O)C2C1. The van der Waals surface area contributed by atoms with Crippen LogP contribution in [0.2, 0.25) is 0 Å². The summed E-state index contributed by atoms with van der Waals surface area (Å²) in [5.74, 6) is 0.0877. The maximum absolute atomic E-state index is 13.1. The zero-order valence-corrected chi connectivity index (χ0v) is 16.6. The summed E-state index contributed by atoms with van der Waals surface area (Å²) in [5, 5.41) is 3.13. The fourth-order valence-corrected chi connectivity index (χ4v) is 5.14. The van der Waals surface area contributed by atoms with Gasteiger partial charge in [-0.1, -0.05) is 49.6 Å². The van der Waals surface area contributed by atoms with Crippen LogP contribution >= 0.6 is 0 Å². The average Bonchev–Trinajstić information content (AvgIpc) is 3.50. The van der Waals surface area contributed by atoms with Crippen LogP contribution in [0.25, 0.3) is 0 Å². The summed E-state index contributed by atoms with van der Waals surface area (Å²) < 4.78 is 0. The van der Waals surface area contributed by atoms with E-state index in [4.69, 9.17) is 0 Å². The number of hydrogen-bond donors (Lipinski definition) is 1. The maximum atomic E-state index is 13.1. The van der Waals surface area contributed by atoms with Crippen LogP contribution in [0.15, 0.2) is 30.3 Å². The van der Waals surface area contributed by atoms with Gasteiger partial charge >= 0.3 is 12.1 Å². The molecule has 2 aliphatic heterocycles. The Bertz CT molecular complexity index is 808. The largest absolute Gasteiger partial charge is 0.335 e. The van der Waals surface area contributed by atoms with E-state index < -0.39 is 6.04 Å². The van der Waals surface area contributed by atoms with Gasteiger partial charge in [-0.15, -0.1) is 0 Å². The molecule has 4 aliphatic rings. The van der Waals surface area contributed by atoms with Crippen LogP contribution in [0.5, 0.6) is 0 Å². The first-order valence-corrected chi connectivity index (χ1v) is 10.9. The number of carbonyl (C=O) groups excluding carboxylic acids is 3. The first kappa shape index (κ1) is 18.5. The van der Waals surface area contributed by atoms with Gasteiger partial charge in [-0.05, 0) is 24.8 Å². The van der Waals surface area contributed by atoms with Gasteiger partial charge in [-0.25, -0.2) is 9.59 Å². The fraction of sp³-hybridized carbons (Fsp3) is 0.591. The third kappa shape index (κ3) is 3.36. The average molecular weight is 396 g/mol. The predicted molar refractivity (Wildman–Crippen MR) is 107 cm³/mol. The zero-order chi connectivity index (χ0) is 20.0. The number of fused-ring (bicyclic) bond motifs is 1. The lowest BCUT2D eigenvalue weighted by Gasteiger charge is -2.36. The van der Waals surface area contributed by atoms with E-state index in [-0.39, 0.29) is 36.0 Å². The van der Waals surface area contributed by atoms with Crippen molar-refractivity contribution < 1.29 is 14.4 Å². The van der Waals surface area contributed by atoms with Gasteiger partial charge in [-0.2, -0.15) is 0 Å². The van der Waals surface area contributed by atoms with Crippen molar-refractivity contribution in [2.24, 2.45) is 0 Å². The summed E-state index contributed by atoms with van der Waals surface area (Å²) in [5.41, 5.74) is 1.18. The first-order chi connectivity index (χ1) is 14.1. The summed E-state index contributed by atoms with van der Waals surface area (Å²) in [6.45, 7) is 1.20. The van der Waals surface area contributed by atoms with Gasteiger partial charge in [0.15, 0.2) is 0 Å². The Kier molecular flexibility index (Phi) is 4.68. The monoisotopic (exact) mass is 396 g/mol. The molecule has 1 aromatic rings. The molecule has 7 heteroatoms. The Hall–Kier alpha value is -2.57. The van der Waals surface area contributed by atoms with Gasteiger partial charge in [-0.3, -0.25) is 9.69 Å². The molecule has 0 radical (unpaired) electrons. The van der Waals surface area contributed by atoms with Crippen molar-refractivity contribution in [1.29, 1.82) is 0 Å². The standard InChI is InChI=1S/C22H28N4O3/c27-20-19-14-24(21(28)23-16-9-5-2-6-10-16)11-12-25(19)22(29)26(20)18-13-17(18)15-7-3-1-4-8-15/h1,3-4,7-8,16-19H,2,5-6,9-14H2,(H,23,28)/t17-,18+,19?/m1/s1. The molecule has 1 aromatic carbocycles. The summed E-state index contributed by atoms with van der Waals surface area (Å²) in [6, 6.07) is 9.44. The Morgan fingerprint density at radius 2 is 1.76 bits per heavy atom. The number of urea groups is 2. The number of rotatable bonds is 3. The van der Waals surface area contributed by atoms with Crippen LogP contribution in [0.3, 0.4) is 0 Å². The predicted octanol–water partition coefficient (Wildman–Crippen LogP) is 2.53. The smallest absolute Gasteiger partial charge is 0.327 e. The van der Waals surface area contributed by atoms with E-state index in [0.29, 0.717) is 19.6 Å². The second kappa shape index (κ2) is 7.35. The molecule has 0 bridgehead atoms. The minimum atomic E-state index is -0.537. The van der Waals surface area contributed by atoms with E-state index in [9.17, 15) is 14.4 Å². The van der Waals surface area contributed by atoms with E-state index in [1.165, 1.54) is 16.9 Å². The normalized spacial score (nSPS) is 29.8. The lowest BCUT2D eigenvalue weighted by Crippen LogP contribution is -2.57. The number of carbonyl (C=O) groups is 3. The molecular weight excluding hydrogens is 368 g/mol. The Balaban J connectivity index is 1.23. The molecule has 29 heavy (non-hydrogen) atoms. The van der Waals surface area contributed by atoms with Gasteiger partial charge in [0.25, 0.3) is 5.91 Å². The highest BCUT2D eigenvalue weighted by Crippen LogP contribution is 2.46. The zero-order valence-electron chi connectivity index (χ0n) is 16.6. The molecule has 1 unspecified atom stereocenters. The third-order valence-corrected chi connectivity index (χ3v) is 6.89. The molecule has 154 valence electrons. The molecule has 3 atom stereocenters. The molecule has 1 N–H and O–H groups in total. The number of hydrogen-bond acceptors (Lipinski definition) is 3. The molecule has 0 aromatic heterocycles. The Labute approximate surface area is 171 Å². The van der Waals surface area contributed by atoms with Crippen molar-refractivity contribution in [2.75, 3.05) is 19.6 Å². The second-order valence-corrected chi connectivity index (χ2v) is 8.75. The molecular formula is C22H28N4O3. The van der Waals surface area contributed by atoms with Crippen LogP contribution in [-0.2, 0) is 4.79 Å². The van der Waals surface area contributed by atoms with E-state index >= 15 is 0 Å². The fourth-order valence-electron chi connectivity index (χ4n) is 5.14. The summed E-state index contributed by atoms with van der Waals surface area (Å²) in [4.78, 5) is 43.5. The van der Waals surface area contributed by atoms with Gasteiger partial charge < -0.3 is 15.1 Å². The topological polar surface area (TPSA) is 73.0 Å². The van der Waals surface area contributed by atoms with Crippen molar-refractivity contribution in [3.05, 3.63) is 35.9 Å². The number of piperazine rings is 1.